The van der Waals surface area contributed by atoms with E-state index in [0.29, 0.717) is 0 Å². The number of unbranched alkanes of at least 4 members (excludes halogenated alkanes) is 8. The molecule has 0 aromatic rings. The second-order valence-corrected chi connectivity index (χ2v) is 4.77. The summed E-state index contributed by atoms with van der Waals surface area (Å²) in [5.41, 5.74) is 5.44. The van der Waals surface area contributed by atoms with Crippen molar-refractivity contribution in [2.45, 2.75) is 57.8 Å². The van der Waals surface area contributed by atoms with Crippen molar-refractivity contribution in [3.63, 3.8) is 0 Å². The summed E-state index contributed by atoms with van der Waals surface area (Å²) in [5, 5.41) is 0. The Labute approximate surface area is 96.2 Å². The molecule has 0 aromatic heterocycles. The fourth-order valence-electron chi connectivity index (χ4n) is 1.81. The highest BCUT2D eigenvalue weighted by Crippen LogP contribution is 2.09. The van der Waals surface area contributed by atoms with E-state index in [2.05, 4.69) is 19.0 Å². The zero-order valence-electron chi connectivity index (χ0n) is 10.8. The molecular formula is C13H30N2+. The predicted octanol–water partition coefficient (Wildman–Crippen LogP) is 2.86. The van der Waals surface area contributed by atoms with Gasteiger partial charge in [-0.15, -0.1) is 0 Å². The molecule has 0 aliphatic carbocycles. The molecule has 91 valence electrons. The molecule has 0 bridgehead atoms. The molecule has 0 heterocycles. The Morgan fingerprint density at radius 1 is 0.667 bits per heavy atom. The lowest BCUT2D eigenvalue weighted by atomic mass is 10.1. The lowest BCUT2D eigenvalue weighted by Crippen LogP contribution is -2.19. The highest BCUT2D eigenvalue weighted by atomic mass is 15.0. The highest BCUT2D eigenvalue weighted by molar-refractivity contribution is 4.51. The van der Waals surface area contributed by atoms with Gasteiger partial charge in [0.15, 0.2) is 0 Å². The van der Waals surface area contributed by atoms with Gasteiger partial charge < -0.3 is 5.73 Å². The van der Waals surface area contributed by atoms with E-state index >= 15 is 0 Å². The van der Waals surface area contributed by atoms with Crippen molar-refractivity contribution in [1.82, 2.24) is 4.90 Å². The van der Waals surface area contributed by atoms with Gasteiger partial charge in [-0.1, -0.05) is 38.5 Å². The number of nitrogens with zero attached hydrogens (tertiary/aromatic N) is 1. The number of hydrogen-bond donors (Lipinski definition) is 1. The fourth-order valence-corrected chi connectivity index (χ4v) is 1.81. The third kappa shape index (κ3) is 13.9. The topological polar surface area (TPSA) is 31.9 Å². The summed E-state index contributed by atoms with van der Waals surface area (Å²) >= 11 is 0. The first kappa shape index (κ1) is 14.9. The smallest absolute Gasteiger partial charge is 0.122 e. The van der Waals surface area contributed by atoms with E-state index in [1.165, 1.54) is 64.3 Å². The van der Waals surface area contributed by atoms with Crippen molar-refractivity contribution < 1.29 is 0 Å². The summed E-state index contributed by atoms with van der Waals surface area (Å²) in [6, 6.07) is 0. The molecule has 2 N–H and O–H groups in total. The minimum absolute atomic E-state index is 0.866. The van der Waals surface area contributed by atoms with E-state index < -0.39 is 0 Å². The standard InChI is InChI=1S/C13H30N2/c1-15(2)13-11-9-7-5-3-4-6-8-10-12-14/h3-14H2,1-2H3/q+1. The summed E-state index contributed by atoms with van der Waals surface area (Å²) in [6.07, 6.45) is 12.4. The van der Waals surface area contributed by atoms with Gasteiger partial charge >= 0.3 is 0 Å². The van der Waals surface area contributed by atoms with Gasteiger partial charge in [0, 0.05) is 6.42 Å². The van der Waals surface area contributed by atoms with Gasteiger partial charge in [0.1, 0.15) is 20.6 Å². The van der Waals surface area contributed by atoms with Crippen LogP contribution < -0.4 is 10.6 Å². The van der Waals surface area contributed by atoms with E-state index in [1.807, 2.05) is 0 Å². The van der Waals surface area contributed by atoms with Gasteiger partial charge in [0.2, 0.25) is 0 Å². The summed E-state index contributed by atoms with van der Waals surface area (Å²) in [6.45, 7) is 2.11. The maximum absolute atomic E-state index is 5.44. The molecule has 0 unspecified atom stereocenters. The minimum atomic E-state index is 0.866. The Kier molecular flexibility index (Phi) is 11.9. The molecular weight excluding hydrogens is 184 g/mol. The zero-order chi connectivity index (χ0) is 11.4. The Balaban J connectivity index is 2.87. The van der Waals surface area contributed by atoms with Crippen LogP contribution in [0.15, 0.2) is 0 Å². The van der Waals surface area contributed by atoms with Crippen LogP contribution in [0.25, 0.3) is 0 Å². The Morgan fingerprint density at radius 3 is 1.47 bits per heavy atom. The van der Waals surface area contributed by atoms with E-state index in [1.54, 1.807) is 0 Å². The average molecular weight is 214 g/mol. The van der Waals surface area contributed by atoms with Crippen molar-refractivity contribution in [2.24, 2.45) is 5.73 Å². The molecule has 0 amide bonds. The van der Waals surface area contributed by atoms with Crippen molar-refractivity contribution in [1.29, 1.82) is 0 Å². The van der Waals surface area contributed by atoms with Crippen molar-refractivity contribution >= 4 is 0 Å². The van der Waals surface area contributed by atoms with E-state index in [-0.39, 0.29) is 0 Å². The third-order valence-electron chi connectivity index (χ3n) is 2.81. The summed E-state index contributed by atoms with van der Waals surface area (Å²) in [7, 11) is 4.30. The van der Waals surface area contributed by atoms with Crippen LogP contribution in [-0.4, -0.2) is 27.2 Å². The minimum Gasteiger partial charge on any atom is -0.330 e. The first-order valence-electron chi connectivity index (χ1n) is 6.62. The van der Waals surface area contributed by atoms with Crippen LogP contribution in [-0.2, 0) is 0 Å². The van der Waals surface area contributed by atoms with E-state index in [9.17, 15) is 0 Å². The van der Waals surface area contributed by atoms with Gasteiger partial charge in [-0.25, -0.2) is 0 Å². The first-order chi connectivity index (χ1) is 7.27. The molecule has 0 aliphatic rings. The van der Waals surface area contributed by atoms with E-state index in [0.717, 1.165) is 6.54 Å². The van der Waals surface area contributed by atoms with Crippen molar-refractivity contribution in [3.05, 3.63) is 0 Å². The maximum Gasteiger partial charge on any atom is 0.122 e. The van der Waals surface area contributed by atoms with Gasteiger partial charge in [-0.05, 0) is 19.4 Å². The Bertz CT molecular complexity index is 113. The quantitative estimate of drug-likeness (QED) is 0.416. The van der Waals surface area contributed by atoms with Crippen LogP contribution in [0.1, 0.15) is 57.8 Å². The molecule has 0 rings (SSSR count). The van der Waals surface area contributed by atoms with Gasteiger partial charge in [-0.3, -0.25) is 0 Å². The summed E-state index contributed by atoms with van der Waals surface area (Å²) in [5.74, 6) is 0. The molecule has 2 nitrogen and oxygen atoms in total. The summed E-state index contributed by atoms with van der Waals surface area (Å²) < 4.78 is 0. The number of nitrogens with two attached hydrogens (primary N) is 1. The zero-order valence-corrected chi connectivity index (χ0v) is 10.8. The average Bonchev–Trinajstić information content (AvgIpc) is 2.20. The second kappa shape index (κ2) is 12.0. The normalized spacial score (nSPS) is 11.2. The van der Waals surface area contributed by atoms with Gasteiger partial charge in [0.05, 0.1) is 0 Å². The lowest BCUT2D eigenvalue weighted by Gasteiger charge is -2.02. The monoisotopic (exact) mass is 214 g/mol. The Hall–Kier alpha value is -0.0800. The molecule has 0 fully saturated rings. The van der Waals surface area contributed by atoms with Crippen LogP contribution in [0.4, 0.5) is 0 Å². The maximum atomic E-state index is 5.44. The first-order valence-corrected chi connectivity index (χ1v) is 6.62. The second-order valence-electron chi connectivity index (χ2n) is 4.77. The van der Waals surface area contributed by atoms with Crippen LogP contribution in [0.3, 0.4) is 0 Å². The SMILES string of the molecule is C[N+](C)CCCCCCCCCCCN. The lowest BCUT2D eigenvalue weighted by molar-refractivity contribution is 0.502. The molecule has 15 heavy (non-hydrogen) atoms. The predicted molar refractivity (Wildman–Crippen MR) is 69.5 cm³/mol. The highest BCUT2D eigenvalue weighted by Gasteiger charge is 1.98. The van der Waals surface area contributed by atoms with Crippen LogP contribution >= 0.6 is 0 Å². The van der Waals surface area contributed by atoms with E-state index in [4.69, 9.17) is 5.73 Å². The van der Waals surface area contributed by atoms with Crippen molar-refractivity contribution in [3.8, 4) is 0 Å². The third-order valence-corrected chi connectivity index (χ3v) is 2.81. The van der Waals surface area contributed by atoms with Crippen LogP contribution in [0.5, 0.6) is 0 Å². The fraction of sp³-hybridized carbons (Fsp3) is 1.00. The molecule has 0 spiro atoms. The molecule has 2 heteroatoms. The largest absolute Gasteiger partial charge is 0.330 e. The number of hydrogen-bond acceptors (Lipinski definition) is 2. The molecule has 0 aromatic carbocycles. The molecule has 1 radical (unpaired) electrons. The molecule has 0 saturated heterocycles. The molecule has 0 aliphatic heterocycles. The Morgan fingerprint density at radius 2 is 1.07 bits per heavy atom. The summed E-state index contributed by atoms with van der Waals surface area (Å²) in [4.78, 5) is 2.27. The van der Waals surface area contributed by atoms with Crippen molar-refractivity contribution in [2.75, 3.05) is 27.2 Å². The molecule has 0 atom stereocenters. The van der Waals surface area contributed by atoms with Crippen LogP contribution in [0.2, 0.25) is 0 Å². The van der Waals surface area contributed by atoms with Crippen LogP contribution in [0, 0.1) is 0 Å². The van der Waals surface area contributed by atoms with Gasteiger partial charge in [0.25, 0.3) is 0 Å². The van der Waals surface area contributed by atoms with Gasteiger partial charge in [-0.2, -0.15) is 4.90 Å². The number of rotatable bonds is 11. The molecule has 0 saturated carbocycles.